The lowest BCUT2D eigenvalue weighted by Gasteiger charge is -2.17. The Morgan fingerprint density at radius 1 is 1.20 bits per heavy atom. The van der Waals surface area contributed by atoms with Crippen LogP contribution in [0, 0.1) is 11.3 Å². The molecule has 0 amide bonds. The minimum absolute atomic E-state index is 0.0396. The monoisotopic (exact) mass is 330 g/mol. The second-order valence-electron chi connectivity index (χ2n) is 4.44. The molecule has 2 N–H and O–H groups in total. The minimum Gasteiger partial charge on any atom is -0.394 e. The molecule has 0 aliphatic rings. The van der Waals surface area contributed by atoms with Crippen LogP contribution in [0.25, 0.3) is 0 Å². The Labute approximate surface area is 127 Å². The lowest BCUT2D eigenvalue weighted by molar-refractivity contribution is 0.243. The number of halogens is 1. The van der Waals surface area contributed by atoms with Crippen molar-refractivity contribution < 1.29 is 5.11 Å². The molecular formula is C16H15BrN2O. The summed E-state index contributed by atoms with van der Waals surface area (Å²) in [6, 6.07) is 17.3. The van der Waals surface area contributed by atoms with Crippen molar-refractivity contribution in [2.75, 3.05) is 6.61 Å². The van der Waals surface area contributed by atoms with Crippen LogP contribution in [0.15, 0.2) is 53.0 Å². The molecule has 20 heavy (non-hydrogen) atoms. The molecule has 0 fully saturated rings. The molecule has 0 aliphatic carbocycles. The lowest BCUT2D eigenvalue weighted by Crippen LogP contribution is -2.24. The van der Waals surface area contributed by atoms with E-state index in [1.807, 2.05) is 36.4 Å². The molecular weight excluding hydrogens is 316 g/mol. The molecule has 4 heteroatoms. The van der Waals surface area contributed by atoms with Gasteiger partial charge in [-0.15, -0.1) is 0 Å². The zero-order valence-corrected chi connectivity index (χ0v) is 12.5. The molecule has 102 valence electrons. The topological polar surface area (TPSA) is 56.0 Å². The number of benzene rings is 2. The predicted molar refractivity (Wildman–Crippen MR) is 82.0 cm³/mol. The van der Waals surface area contributed by atoms with Gasteiger partial charge in [-0.3, -0.25) is 0 Å². The molecule has 0 spiro atoms. The van der Waals surface area contributed by atoms with Crippen molar-refractivity contribution >= 4 is 15.9 Å². The van der Waals surface area contributed by atoms with Gasteiger partial charge in [-0.05, 0) is 23.3 Å². The van der Waals surface area contributed by atoms with E-state index in [9.17, 15) is 5.11 Å². The van der Waals surface area contributed by atoms with Crippen molar-refractivity contribution in [2.45, 2.75) is 12.6 Å². The van der Waals surface area contributed by atoms with Crippen molar-refractivity contribution in [3.8, 4) is 6.07 Å². The molecule has 0 aromatic heterocycles. The number of hydrogen-bond donors (Lipinski definition) is 2. The van der Waals surface area contributed by atoms with Gasteiger partial charge in [-0.2, -0.15) is 5.26 Å². The van der Waals surface area contributed by atoms with Gasteiger partial charge in [0, 0.05) is 11.0 Å². The van der Waals surface area contributed by atoms with Crippen LogP contribution in [0.1, 0.15) is 22.7 Å². The zero-order chi connectivity index (χ0) is 14.4. The molecule has 2 rings (SSSR count). The number of nitrogens with zero attached hydrogens (tertiary/aromatic N) is 1. The van der Waals surface area contributed by atoms with Crippen molar-refractivity contribution in [3.05, 3.63) is 69.7 Å². The number of rotatable bonds is 5. The molecule has 0 bridgehead atoms. The second-order valence-corrected chi connectivity index (χ2v) is 5.30. The smallest absolute Gasteiger partial charge is 0.0992 e. The minimum atomic E-state index is -0.0984. The van der Waals surface area contributed by atoms with Crippen molar-refractivity contribution in [1.29, 1.82) is 5.26 Å². The summed E-state index contributed by atoms with van der Waals surface area (Å²) in [6.07, 6.45) is 0. The fourth-order valence-electron chi connectivity index (χ4n) is 1.97. The van der Waals surface area contributed by atoms with Crippen LogP contribution in [0.2, 0.25) is 0 Å². The highest BCUT2D eigenvalue weighted by molar-refractivity contribution is 9.10. The summed E-state index contributed by atoms with van der Waals surface area (Å²) >= 11 is 3.46. The van der Waals surface area contributed by atoms with E-state index < -0.39 is 0 Å². The lowest BCUT2D eigenvalue weighted by atomic mass is 10.1. The van der Waals surface area contributed by atoms with Gasteiger partial charge in [-0.1, -0.05) is 52.3 Å². The SMILES string of the molecule is N#Cc1ccc(CN[C@H](CO)c2ccccc2)c(Br)c1. The predicted octanol–water partition coefficient (Wildman–Crippen LogP) is 3.14. The van der Waals surface area contributed by atoms with Crippen molar-refractivity contribution in [3.63, 3.8) is 0 Å². The van der Waals surface area contributed by atoms with Gasteiger partial charge in [0.2, 0.25) is 0 Å². The molecule has 0 saturated heterocycles. The standard InChI is InChI=1S/C16H15BrN2O/c17-15-8-12(9-18)6-7-14(15)10-19-16(11-20)13-4-2-1-3-5-13/h1-8,16,19-20H,10-11H2/t16-/m1/s1. The van der Waals surface area contributed by atoms with E-state index in [4.69, 9.17) is 5.26 Å². The fourth-order valence-corrected chi connectivity index (χ4v) is 2.49. The molecule has 2 aromatic rings. The largest absolute Gasteiger partial charge is 0.394 e. The van der Waals surface area contributed by atoms with Crippen LogP contribution in [-0.2, 0) is 6.54 Å². The molecule has 0 radical (unpaired) electrons. The summed E-state index contributed by atoms with van der Waals surface area (Å²) < 4.78 is 0.897. The van der Waals surface area contributed by atoms with E-state index >= 15 is 0 Å². The van der Waals surface area contributed by atoms with E-state index in [0.717, 1.165) is 15.6 Å². The Kier molecular flexibility index (Phi) is 5.31. The van der Waals surface area contributed by atoms with Crippen molar-refractivity contribution in [1.82, 2.24) is 5.32 Å². The summed E-state index contributed by atoms with van der Waals surface area (Å²) in [7, 11) is 0. The Morgan fingerprint density at radius 3 is 2.55 bits per heavy atom. The van der Waals surface area contributed by atoms with Crippen LogP contribution in [-0.4, -0.2) is 11.7 Å². The van der Waals surface area contributed by atoms with E-state index in [-0.39, 0.29) is 12.6 Å². The highest BCUT2D eigenvalue weighted by Crippen LogP contribution is 2.20. The average Bonchev–Trinajstić information content (AvgIpc) is 2.50. The van der Waals surface area contributed by atoms with Crippen LogP contribution < -0.4 is 5.32 Å². The summed E-state index contributed by atoms with van der Waals surface area (Å²) in [5, 5.41) is 21.6. The van der Waals surface area contributed by atoms with Crippen molar-refractivity contribution in [2.24, 2.45) is 0 Å². The van der Waals surface area contributed by atoms with E-state index in [2.05, 4.69) is 27.3 Å². The first-order valence-corrected chi connectivity index (χ1v) is 7.11. The van der Waals surface area contributed by atoms with Crippen LogP contribution in [0.5, 0.6) is 0 Å². The van der Waals surface area contributed by atoms with Gasteiger partial charge >= 0.3 is 0 Å². The molecule has 3 nitrogen and oxygen atoms in total. The molecule has 0 saturated carbocycles. The maximum absolute atomic E-state index is 9.49. The van der Waals surface area contributed by atoms with Gasteiger partial charge in [0.15, 0.2) is 0 Å². The zero-order valence-electron chi connectivity index (χ0n) is 10.9. The highest BCUT2D eigenvalue weighted by Gasteiger charge is 2.10. The van der Waals surface area contributed by atoms with Gasteiger partial charge in [0.25, 0.3) is 0 Å². The van der Waals surface area contributed by atoms with Crippen LogP contribution in [0.4, 0.5) is 0 Å². The number of nitriles is 1. The second kappa shape index (κ2) is 7.20. The van der Waals surface area contributed by atoms with E-state index in [1.165, 1.54) is 0 Å². The molecule has 0 aliphatic heterocycles. The third-order valence-electron chi connectivity index (χ3n) is 3.11. The van der Waals surface area contributed by atoms with Crippen LogP contribution in [0.3, 0.4) is 0 Å². The third-order valence-corrected chi connectivity index (χ3v) is 3.84. The van der Waals surface area contributed by atoms with Gasteiger partial charge in [0.05, 0.1) is 24.3 Å². The molecule has 0 unspecified atom stereocenters. The third kappa shape index (κ3) is 3.67. The van der Waals surface area contributed by atoms with Gasteiger partial charge in [0.1, 0.15) is 0 Å². The van der Waals surface area contributed by atoms with E-state index in [0.29, 0.717) is 12.1 Å². The summed E-state index contributed by atoms with van der Waals surface area (Å²) in [5.74, 6) is 0. The summed E-state index contributed by atoms with van der Waals surface area (Å²) in [6.45, 7) is 0.657. The first kappa shape index (κ1) is 14.7. The normalized spacial score (nSPS) is 11.8. The molecule has 0 heterocycles. The first-order chi connectivity index (χ1) is 9.74. The van der Waals surface area contributed by atoms with Crippen LogP contribution >= 0.6 is 15.9 Å². The Morgan fingerprint density at radius 2 is 1.95 bits per heavy atom. The molecule has 1 atom stereocenters. The average molecular weight is 331 g/mol. The summed E-state index contributed by atoms with van der Waals surface area (Å²) in [5.41, 5.74) is 2.74. The number of aliphatic hydroxyl groups is 1. The Bertz CT molecular complexity index is 608. The van der Waals surface area contributed by atoms with Gasteiger partial charge < -0.3 is 10.4 Å². The maximum Gasteiger partial charge on any atom is 0.0992 e. The summed E-state index contributed by atoms with van der Waals surface area (Å²) in [4.78, 5) is 0. The van der Waals surface area contributed by atoms with Gasteiger partial charge in [-0.25, -0.2) is 0 Å². The highest BCUT2D eigenvalue weighted by atomic mass is 79.9. The molecule has 2 aromatic carbocycles. The quantitative estimate of drug-likeness (QED) is 0.885. The Balaban J connectivity index is 2.06. The number of hydrogen-bond acceptors (Lipinski definition) is 3. The fraction of sp³-hybridized carbons (Fsp3) is 0.188. The first-order valence-electron chi connectivity index (χ1n) is 6.32. The number of nitrogens with one attached hydrogen (secondary N) is 1. The maximum atomic E-state index is 9.49. The Hall–Kier alpha value is -1.67. The van der Waals surface area contributed by atoms with E-state index in [1.54, 1.807) is 12.1 Å². The number of aliphatic hydroxyl groups excluding tert-OH is 1.